The van der Waals surface area contributed by atoms with Crippen molar-refractivity contribution in [1.82, 2.24) is 16.0 Å². The quantitative estimate of drug-likeness (QED) is 0.169. The smallest absolute Gasteiger partial charge is 0.326 e. The van der Waals surface area contributed by atoms with Gasteiger partial charge in [-0.2, -0.15) is 0 Å². The van der Waals surface area contributed by atoms with E-state index in [1.165, 1.54) is 24.3 Å². The number of amides is 3. The second-order valence-corrected chi connectivity index (χ2v) is 10.5. The third kappa shape index (κ3) is 10.1. The van der Waals surface area contributed by atoms with Crippen molar-refractivity contribution in [3.63, 3.8) is 0 Å². The lowest BCUT2D eigenvalue weighted by Crippen LogP contribution is -2.59. The number of carboxylic acids is 1. The number of rotatable bonds is 15. The molecule has 0 saturated carbocycles. The van der Waals surface area contributed by atoms with E-state index in [2.05, 4.69) is 16.0 Å². The van der Waals surface area contributed by atoms with Crippen LogP contribution in [0.15, 0.2) is 48.5 Å². The second kappa shape index (κ2) is 15.6. The lowest BCUT2D eigenvalue weighted by atomic mass is 9.95. The molecule has 224 valence electrons. The van der Waals surface area contributed by atoms with E-state index < -0.39 is 47.9 Å². The first-order chi connectivity index (χ1) is 19.4. The van der Waals surface area contributed by atoms with Crippen molar-refractivity contribution < 1.29 is 34.5 Å². The van der Waals surface area contributed by atoms with Gasteiger partial charge in [-0.25, -0.2) is 4.79 Å². The molecule has 0 radical (unpaired) electrons. The number of aliphatic carboxylic acids is 1. The summed E-state index contributed by atoms with van der Waals surface area (Å²) in [7, 11) is 0. The first-order valence-electron chi connectivity index (χ1n) is 13.8. The van der Waals surface area contributed by atoms with Gasteiger partial charge in [0.25, 0.3) is 0 Å². The van der Waals surface area contributed by atoms with Crippen LogP contribution in [0.3, 0.4) is 0 Å². The predicted molar refractivity (Wildman–Crippen MR) is 154 cm³/mol. The summed E-state index contributed by atoms with van der Waals surface area (Å²) in [6.45, 7) is 7.33. The van der Waals surface area contributed by atoms with E-state index in [-0.39, 0.29) is 36.2 Å². The Morgan fingerprint density at radius 2 is 1.12 bits per heavy atom. The molecule has 0 aliphatic rings. The van der Waals surface area contributed by atoms with Crippen LogP contribution >= 0.6 is 0 Å². The maximum atomic E-state index is 13.6. The molecule has 2 aromatic carbocycles. The number of benzene rings is 2. The van der Waals surface area contributed by atoms with Crippen LogP contribution in [-0.2, 0) is 32.0 Å². The Balaban J connectivity index is 2.26. The molecular formula is C30H42N4O7. The van der Waals surface area contributed by atoms with Gasteiger partial charge in [0.05, 0.1) is 6.04 Å². The summed E-state index contributed by atoms with van der Waals surface area (Å²) < 4.78 is 0. The van der Waals surface area contributed by atoms with Crippen molar-refractivity contribution in [2.45, 2.75) is 77.5 Å². The zero-order valence-corrected chi connectivity index (χ0v) is 24.0. The van der Waals surface area contributed by atoms with Gasteiger partial charge >= 0.3 is 5.97 Å². The molecule has 6 atom stereocenters. The summed E-state index contributed by atoms with van der Waals surface area (Å²) in [5.41, 5.74) is 7.35. The van der Waals surface area contributed by atoms with Crippen LogP contribution < -0.4 is 21.7 Å². The van der Waals surface area contributed by atoms with Gasteiger partial charge in [-0.15, -0.1) is 0 Å². The second-order valence-electron chi connectivity index (χ2n) is 10.5. The molecule has 6 unspecified atom stereocenters. The molecule has 8 N–H and O–H groups in total. The van der Waals surface area contributed by atoms with Crippen molar-refractivity contribution >= 4 is 23.7 Å². The monoisotopic (exact) mass is 570 g/mol. The maximum absolute atomic E-state index is 13.6. The normalized spacial score (nSPS) is 15.4. The molecule has 0 fully saturated rings. The van der Waals surface area contributed by atoms with E-state index in [0.29, 0.717) is 24.0 Å². The van der Waals surface area contributed by atoms with E-state index in [9.17, 15) is 34.5 Å². The van der Waals surface area contributed by atoms with Gasteiger partial charge < -0.3 is 37.0 Å². The average molecular weight is 571 g/mol. The molecule has 0 bridgehead atoms. The summed E-state index contributed by atoms with van der Waals surface area (Å²) in [6.07, 6.45) is 1.20. The summed E-state index contributed by atoms with van der Waals surface area (Å²) in [5, 5.41) is 36.8. The van der Waals surface area contributed by atoms with Gasteiger partial charge in [0.1, 0.15) is 29.6 Å². The van der Waals surface area contributed by atoms with Crippen molar-refractivity contribution in [2.24, 2.45) is 17.6 Å². The van der Waals surface area contributed by atoms with E-state index in [1.807, 2.05) is 20.8 Å². The minimum absolute atomic E-state index is 0.0308. The number of nitrogens with two attached hydrogens (primary N) is 1. The van der Waals surface area contributed by atoms with E-state index in [0.717, 1.165) is 0 Å². The summed E-state index contributed by atoms with van der Waals surface area (Å²) in [5.74, 6) is -3.49. The Labute approximate surface area is 240 Å². The molecule has 0 heterocycles. The fourth-order valence-corrected chi connectivity index (χ4v) is 4.14. The van der Waals surface area contributed by atoms with Crippen molar-refractivity contribution in [2.75, 3.05) is 0 Å². The highest BCUT2D eigenvalue weighted by Gasteiger charge is 2.33. The largest absolute Gasteiger partial charge is 0.508 e. The SMILES string of the molecule is CCC(C)C(N)C(=O)NC(Cc1ccc(O)cc1)C(=O)NC(C(=O)NC(Cc1ccc(O)cc1)C(=O)O)C(C)CC. The fourth-order valence-electron chi connectivity index (χ4n) is 4.14. The van der Waals surface area contributed by atoms with Crippen LogP contribution in [0.2, 0.25) is 0 Å². The molecule has 0 spiro atoms. The number of carboxylic acid groups (broad SMARTS) is 1. The predicted octanol–water partition coefficient (Wildman–Crippen LogP) is 1.84. The first kappa shape index (κ1) is 33.1. The molecule has 2 aromatic rings. The standard InChI is InChI=1S/C30H42N4O7/c1-5-17(3)25(31)28(38)32-23(15-19-7-11-21(35)12-8-19)27(37)34-26(18(4)6-2)29(39)33-24(30(40)41)16-20-9-13-22(36)14-10-20/h7-14,17-18,23-26,35-36H,5-6,15-16,31H2,1-4H3,(H,32,38)(H,33,39)(H,34,37)(H,40,41). The number of carbonyl (C=O) groups is 4. The van der Waals surface area contributed by atoms with Gasteiger partial charge in [0, 0.05) is 12.8 Å². The average Bonchev–Trinajstić information content (AvgIpc) is 2.95. The van der Waals surface area contributed by atoms with E-state index in [4.69, 9.17) is 5.73 Å². The topological polar surface area (TPSA) is 191 Å². The molecule has 11 nitrogen and oxygen atoms in total. The third-order valence-electron chi connectivity index (χ3n) is 7.35. The molecule has 41 heavy (non-hydrogen) atoms. The Hall–Kier alpha value is -4.12. The highest BCUT2D eigenvalue weighted by atomic mass is 16.4. The molecule has 0 saturated heterocycles. The number of hydrogen-bond acceptors (Lipinski definition) is 7. The van der Waals surface area contributed by atoms with Crippen LogP contribution in [0.5, 0.6) is 11.5 Å². The number of hydrogen-bond donors (Lipinski definition) is 7. The van der Waals surface area contributed by atoms with Crippen molar-refractivity contribution in [3.8, 4) is 11.5 Å². The highest BCUT2D eigenvalue weighted by molar-refractivity contribution is 5.94. The van der Waals surface area contributed by atoms with Crippen LogP contribution in [0.1, 0.15) is 51.7 Å². The van der Waals surface area contributed by atoms with E-state index in [1.54, 1.807) is 31.2 Å². The number of aromatic hydroxyl groups is 2. The van der Waals surface area contributed by atoms with Gasteiger partial charge in [0.2, 0.25) is 17.7 Å². The zero-order chi connectivity index (χ0) is 30.7. The van der Waals surface area contributed by atoms with Gasteiger partial charge in [0.15, 0.2) is 0 Å². The third-order valence-corrected chi connectivity index (χ3v) is 7.35. The van der Waals surface area contributed by atoms with Crippen LogP contribution in [0, 0.1) is 11.8 Å². The fraction of sp³-hybridized carbons (Fsp3) is 0.467. The summed E-state index contributed by atoms with van der Waals surface area (Å²) in [6, 6.07) is 7.84. The minimum atomic E-state index is -1.28. The number of nitrogens with one attached hydrogen (secondary N) is 3. The summed E-state index contributed by atoms with van der Waals surface area (Å²) >= 11 is 0. The molecule has 0 aliphatic heterocycles. The Kier molecular flexibility index (Phi) is 12.6. The Morgan fingerprint density at radius 1 is 0.683 bits per heavy atom. The molecule has 3 amide bonds. The van der Waals surface area contributed by atoms with Crippen LogP contribution in [0.25, 0.3) is 0 Å². The molecule has 2 rings (SSSR count). The number of phenolic OH excluding ortho intramolecular Hbond substituents is 2. The van der Waals surface area contributed by atoms with Crippen molar-refractivity contribution in [3.05, 3.63) is 59.7 Å². The van der Waals surface area contributed by atoms with Crippen molar-refractivity contribution in [1.29, 1.82) is 0 Å². The van der Waals surface area contributed by atoms with Gasteiger partial charge in [-0.3, -0.25) is 14.4 Å². The van der Waals surface area contributed by atoms with E-state index >= 15 is 0 Å². The molecule has 11 heteroatoms. The minimum Gasteiger partial charge on any atom is -0.508 e. The Bertz CT molecular complexity index is 1170. The van der Waals surface area contributed by atoms with Crippen LogP contribution in [-0.4, -0.2) is 63.2 Å². The zero-order valence-electron chi connectivity index (χ0n) is 24.0. The highest BCUT2D eigenvalue weighted by Crippen LogP contribution is 2.15. The lowest BCUT2D eigenvalue weighted by Gasteiger charge is -2.28. The number of phenols is 2. The van der Waals surface area contributed by atoms with Gasteiger partial charge in [-0.1, -0.05) is 64.8 Å². The maximum Gasteiger partial charge on any atom is 0.326 e. The molecule has 0 aromatic heterocycles. The van der Waals surface area contributed by atoms with Gasteiger partial charge in [-0.05, 0) is 47.2 Å². The lowest BCUT2D eigenvalue weighted by molar-refractivity contribution is -0.142. The Morgan fingerprint density at radius 3 is 1.56 bits per heavy atom. The van der Waals surface area contributed by atoms with Crippen LogP contribution in [0.4, 0.5) is 0 Å². The molecule has 0 aliphatic carbocycles. The number of carbonyl (C=O) groups excluding carboxylic acids is 3. The first-order valence-corrected chi connectivity index (χ1v) is 13.8. The molecular weight excluding hydrogens is 528 g/mol. The summed E-state index contributed by atoms with van der Waals surface area (Å²) in [4.78, 5) is 51.8.